The number of hydrogen-bond acceptors (Lipinski definition) is 25. The topological polar surface area (TPSA) is 368 Å². The number of anilines is 2. The third-order valence-electron chi connectivity index (χ3n) is 27.9. The lowest BCUT2D eigenvalue weighted by Gasteiger charge is -2.39. The van der Waals surface area contributed by atoms with Crippen LogP contribution in [0.2, 0.25) is 10.0 Å². The van der Waals surface area contributed by atoms with Gasteiger partial charge in [-0.2, -0.15) is 0 Å². The van der Waals surface area contributed by atoms with Gasteiger partial charge < -0.3 is 48.5 Å². The molecule has 2 amide bonds. The summed E-state index contributed by atoms with van der Waals surface area (Å²) in [6, 6.07) is 38.2. The predicted molar refractivity (Wildman–Crippen MR) is 541 cm³/mol. The molecule has 2 aliphatic carbocycles. The molecule has 10 heterocycles. The minimum atomic E-state index is -4.66. The molecule has 6 aromatic carbocycles. The number of nitrogens with one attached hydrogen (secondary N) is 4. The number of fused-ring (bicyclic) bond motifs is 4. The highest BCUT2D eigenvalue weighted by Crippen LogP contribution is 2.48. The number of nitro groups is 2. The van der Waals surface area contributed by atoms with Gasteiger partial charge in [0.15, 0.2) is 0 Å². The van der Waals surface area contributed by atoms with Gasteiger partial charge in [-0.15, -0.1) is 9.41 Å². The summed E-state index contributed by atoms with van der Waals surface area (Å²) in [5.41, 5.74) is 11.3. The largest absolute Gasteiger partial charge is 0.493 e. The van der Waals surface area contributed by atoms with Crippen molar-refractivity contribution in [3.05, 3.63) is 233 Å². The number of nitro benzene ring substituents is 2. The molecule has 0 unspecified atom stereocenters. The van der Waals surface area contributed by atoms with Crippen LogP contribution in [0.15, 0.2) is 188 Å². The standard InChI is InChI=1S/C50H59ClN8O8S2.C50H59ClN8O7S2/c1-4-54-68(63)23-21-56(22-24-68)16-13-34-25-43-45(59(61)62)28-41(29-46(43)66-33-34)69(64,65)55-49(60)42-10-9-39(27-47(42)67-40-26-36-12-15-52-48(36)53-31-40)58-19-17-57(18-20-58)32-37-11-14-50(2,3)30-44(37)35-5-7-38(51)8-6-35;1-50(2)14-11-37(44(30-50)35-5-7-38(51)8-6-35)32-57-17-19-58(20-18-57)39-9-10-42(47(27-39)66-40-26-36-12-15-53-48(36)54-31-40)49(60)55-68(63,64)41-28-45(59(61)62)43-25-34(33-65-46(43)29-41)13-16-56-21-23-67(4,52-3)24-22-56/h5-10,12,15,26-29,31,34H,4,11,13-14,16-25,30,32-33H2,1-3H3,(H,52,53)(H,55,60);5-10,12,15,26-29,31,34H,4,11,13-14,16-25,30,32-33H2,1-3H3,(H,53,54)(H,55,60)/t2*34-/m00/s1. The molecule has 6 aliphatic heterocycles. The van der Waals surface area contributed by atoms with Crippen molar-refractivity contribution >= 4 is 136 Å². The fourth-order valence-electron chi connectivity index (χ4n) is 19.7. The Hall–Kier alpha value is -11.0. The molecule has 0 saturated carbocycles. The Bertz CT molecular complexity index is 6830. The number of amides is 2. The van der Waals surface area contributed by atoms with E-state index in [1.807, 2.05) is 50.4 Å². The monoisotopic (exact) mass is 1980 g/mol. The average molecular weight is 1980 g/mol. The Balaban J connectivity index is 0.000000190. The van der Waals surface area contributed by atoms with Crippen LogP contribution in [0.25, 0.3) is 33.2 Å². The van der Waals surface area contributed by atoms with Crippen molar-refractivity contribution in [3.63, 3.8) is 0 Å². The summed E-state index contributed by atoms with van der Waals surface area (Å²) in [6.45, 7) is 24.8. The molecule has 4 fully saturated rings. The first-order valence-electron chi connectivity index (χ1n) is 46.8. The van der Waals surface area contributed by atoms with E-state index in [1.54, 1.807) is 60.9 Å². The zero-order valence-corrected chi connectivity index (χ0v) is 82.9. The van der Waals surface area contributed by atoms with Crippen LogP contribution in [-0.4, -0.2) is 243 Å². The van der Waals surface area contributed by atoms with Gasteiger partial charge in [-0.1, -0.05) is 92.2 Å². The van der Waals surface area contributed by atoms with E-state index in [1.165, 1.54) is 57.9 Å². The fraction of sp³-hybridized carbons (Fsp3) is 0.430. The number of aromatic amines is 2. The van der Waals surface area contributed by atoms with Crippen LogP contribution in [0.4, 0.5) is 22.7 Å². The molecule has 31 nitrogen and oxygen atoms in total. The Morgan fingerprint density at radius 3 is 1.36 bits per heavy atom. The van der Waals surface area contributed by atoms with Crippen molar-refractivity contribution in [1.29, 1.82) is 0 Å². The zero-order chi connectivity index (χ0) is 96.3. The molecule has 10 aromatic rings. The van der Waals surface area contributed by atoms with Gasteiger partial charge >= 0.3 is 0 Å². The molecular formula is C100H118Cl2N16O15S4. The van der Waals surface area contributed by atoms with E-state index in [0.29, 0.717) is 104 Å². The molecule has 4 saturated heterocycles. The minimum absolute atomic E-state index is 0.0115. The number of sulfonamides is 2. The fourth-order valence-corrected chi connectivity index (χ4v) is 25.8. The lowest BCUT2D eigenvalue weighted by molar-refractivity contribution is -0.386. The molecule has 37 heteroatoms. The summed E-state index contributed by atoms with van der Waals surface area (Å²) in [5, 5.41) is 27.9. The van der Waals surface area contributed by atoms with E-state index in [9.17, 15) is 50.9 Å². The number of rotatable bonds is 27. The van der Waals surface area contributed by atoms with Crippen LogP contribution in [-0.2, 0) is 52.0 Å². The number of benzene rings is 6. The summed E-state index contributed by atoms with van der Waals surface area (Å²) in [7, 11) is -10.8. The Morgan fingerprint density at radius 1 is 0.562 bits per heavy atom. The molecule has 0 radical (unpaired) electrons. The maximum atomic E-state index is 14.1. The minimum Gasteiger partial charge on any atom is -0.493 e. The van der Waals surface area contributed by atoms with Gasteiger partial charge in [0, 0.05) is 219 Å². The Kier molecular flexibility index (Phi) is 29.4. The number of carbonyl (C=O) groups is 2. The second-order valence-electron chi connectivity index (χ2n) is 38.6. The molecular weight excluding hydrogens is 1860 g/mol. The first kappa shape index (κ1) is 97.6. The van der Waals surface area contributed by atoms with E-state index in [4.69, 9.17) is 42.1 Å². The number of aromatic nitrogens is 4. The van der Waals surface area contributed by atoms with Crippen LogP contribution in [0, 0.1) is 42.9 Å². The second-order valence-corrected chi connectivity index (χ2v) is 48.6. The molecule has 18 rings (SSSR count). The lowest BCUT2D eigenvalue weighted by atomic mass is 9.72. The van der Waals surface area contributed by atoms with Crippen molar-refractivity contribution in [3.8, 4) is 34.5 Å². The Morgan fingerprint density at radius 2 is 0.971 bits per heavy atom. The zero-order valence-electron chi connectivity index (χ0n) is 78.1. The van der Waals surface area contributed by atoms with Gasteiger partial charge in [0.05, 0.1) is 67.5 Å². The van der Waals surface area contributed by atoms with E-state index >= 15 is 0 Å². The molecule has 4 aromatic heterocycles. The van der Waals surface area contributed by atoms with E-state index in [2.05, 4.69) is 125 Å². The molecule has 137 heavy (non-hydrogen) atoms. The van der Waals surface area contributed by atoms with Crippen molar-refractivity contribution in [2.75, 3.05) is 164 Å². The SMILES string of the molecule is C=S1(=NC)CCN(CC[C@@H]2COc3cc(S(=O)(=O)NC(=O)c4ccc(N5CCN(CC6=C(c7ccc(Cl)cc7)CC(C)(C)CC6)CC5)cc4Oc4cnc5[nH]ccc5c4)cc([N+](=O)[O-])c3C2)CC1.CCN=S1(=O)CCN(CC[C@@H]2COc3cc(S(=O)(=O)NC(=O)c4ccc(N5CCN(CC6=C(c7ccc(Cl)cc7)CC(C)(C)CC6)CC5)cc4Oc4cnc5[nH]ccc5c4)cc([N+](=O)[O-])c3C2)CC1. The summed E-state index contributed by atoms with van der Waals surface area (Å²) in [6.07, 6.45) is 15.1. The molecule has 0 spiro atoms. The molecule has 726 valence electrons. The third kappa shape index (κ3) is 23.5. The quantitative estimate of drug-likeness (QED) is 0.0211. The van der Waals surface area contributed by atoms with E-state index in [0.717, 1.165) is 173 Å². The first-order chi connectivity index (χ1) is 65.6. The van der Waals surface area contributed by atoms with Crippen molar-refractivity contribution in [2.45, 2.75) is 109 Å². The van der Waals surface area contributed by atoms with Gasteiger partial charge in [0.25, 0.3) is 43.2 Å². The maximum Gasteiger partial charge on any atom is 0.277 e. The van der Waals surface area contributed by atoms with Crippen LogP contribution in [0.1, 0.15) is 129 Å². The van der Waals surface area contributed by atoms with Gasteiger partial charge in [-0.25, -0.2) is 44.8 Å². The highest BCUT2D eigenvalue weighted by Gasteiger charge is 2.39. The number of nitrogens with zero attached hydrogens (tertiary/aromatic N) is 12. The van der Waals surface area contributed by atoms with Crippen LogP contribution in [0.5, 0.6) is 34.5 Å². The summed E-state index contributed by atoms with van der Waals surface area (Å²) >= 11 is 12.5. The smallest absolute Gasteiger partial charge is 0.277 e. The van der Waals surface area contributed by atoms with Crippen LogP contribution >= 0.6 is 23.2 Å². The number of ether oxygens (including phenoxy) is 4. The maximum absolute atomic E-state index is 14.1. The van der Waals surface area contributed by atoms with Gasteiger partial charge in [0.2, 0.25) is 0 Å². The van der Waals surface area contributed by atoms with Gasteiger partial charge in [-0.3, -0.25) is 44.0 Å². The van der Waals surface area contributed by atoms with Gasteiger partial charge in [-0.05, 0) is 202 Å². The highest BCUT2D eigenvalue weighted by atomic mass is 35.5. The first-order valence-corrected chi connectivity index (χ1v) is 54.5. The summed E-state index contributed by atoms with van der Waals surface area (Å²) < 4.78 is 107. The number of allylic oxidation sites excluding steroid dienone is 2. The van der Waals surface area contributed by atoms with Crippen molar-refractivity contribution < 1.29 is 59.4 Å². The Labute approximate surface area is 810 Å². The molecule has 2 atom stereocenters. The number of hydrogen-bond donors (Lipinski definition) is 4. The molecule has 8 aliphatic rings. The number of piperazine rings is 2. The lowest BCUT2D eigenvalue weighted by Crippen LogP contribution is -2.47. The van der Waals surface area contributed by atoms with Crippen LogP contribution < -0.4 is 38.2 Å². The number of pyridine rings is 2. The summed E-state index contributed by atoms with van der Waals surface area (Å²) in [4.78, 5) is 80.1. The van der Waals surface area contributed by atoms with E-state index in [-0.39, 0.29) is 75.7 Å². The predicted octanol–water partition coefficient (Wildman–Crippen LogP) is 17.0. The van der Waals surface area contributed by atoms with Crippen molar-refractivity contribution in [2.24, 2.45) is 31.4 Å². The molecule has 0 bridgehead atoms. The third-order valence-corrected chi connectivity index (χ3v) is 36.0. The van der Waals surface area contributed by atoms with Crippen LogP contribution in [0.3, 0.4) is 0 Å². The normalized spacial score (nSPS) is 19.8. The number of H-pyrrole nitrogens is 2. The van der Waals surface area contributed by atoms with E-state index < -0.39 is 76.3 Å². The average Bonchev–Trinajstić information content (AvgIpc) is 1.50. The molecule has 4 N–H and O–H groups in total. The number of carbonyl (C=O) groups excluding carboxylic acids is 2. The second kappa shape index (κ2) is 41.2. The van der Waals surface area contributed by atoms with Gasteiger partial charge in [0.1, 0.15) is 45.8 Å². The summed E-state index contributed by atoms with van der Waals surface area (Å²) in [5.74, 6) is 6.46. The van der Waals surface area contributed by atoms with Crippen molar-refractivity contribution in [1.82, 2.24) is 49.0 Å². The highest BCUT2D eigenvalue weighted by molar-refractivity contribution is 8.02. The number of halogens is 2.